The molecule has 1 unspecified atom stereocenters. The first-order valence-corrected chi connectivity index (χ1v) is 4.40. The monoisotopic (exact) mass is 196 g/mol. The molecule has 1 atom stereocenters. The number of pyridine rings is 1. The molecule has 0 aliphatic carbocycles. The van der Waals surface area contributed by atoms with Crippen molar-refractivity contribution in [2.75, 3.05) is 0 Å². The van der Waals surface area contributed by atoms with Crippen molar-refractivity contribution in [2.45, 2.75) is 5.50 Å². The first-order valence-electron chi connectivity index (χ1n) is 3.96. The van der Waals surface area contributed by atoms with Crippen molar-refractivity contribution in [2.24, 2.45) is 7.05 Å². The summed E-state index contributed by atoms with van der Waals surface area (Å²) >= 11 is 5.82. The second-order valence-electron chi connectivity index (χ2n) is 2.98. The van der Waals surface area contributed by atoms with Crippen molar-refractivity contribution >= 4 is 23.9 Å². The summed E-state index contributed by atoms with van der Waals surface area (Å²) in [5, 5.41) is 4.48. The zero-order valence-electron chi connectivity index (χ0n) is 7.12. The molecule has 0 radical (unpaired) electrons. The Morgan fingerprint density at radius 3 is 3.15 bits per heavy atom. The van der Waals surface area contributed by atoms with Crippen LogP contribution in [0, 0.1) is 0 Å². The minimum absolute atomic E-state index is 0.0131. The maximum absolute atomic E-state index is 11.6. The number of rotatable bonds is 0. The molecule has 1 aromatic heterocycles. The summed E-state index contributed by atoms with van der Waals surface area (Å²) in [6.07, 6.45) is 5.22. The van der Waals surface area contributed by atoms with Gasteiger partial charge in [0.25, 0.3) is 5.56 Å². The maximum Gasteiger partial charge on any atom is 0.258 e. The van der Waals surface area contributed by atoms with Crippen molar-refractivity contribution in [1.29, 1.82) is 0 Å². The number of hydrogen-bond donors (Lipinski definition) is 1. The second kappa shape index (κ2) is 2.92. The molecule has 1 aliphatic heterocycles. The summed E-state index contributed by atoms with van der Waals surface area (Å²) in [6.45, 7) is 0. The van der Waals surface area contributed by atoms with E-state index < -0.39 is 0 Å². The average Bonchev–Trinajstić information content (AvgIpc) is 2.12. The van der Waals surface area contributed by atoms with Crippen LogP contribution >= 0.6 is 11.6 Å². The summed E-state index contributed by atoms with van der Waals surface area (Å²) in [7, 11) is 1.72. The van der Waals surface area contributed by atoms with Crippen LogP contribution in [0.1, 0.15) is 0 Å². The molecule has 1 aromatic rings. The molecule has 0 saturated carbocycles. The number of nitrogens with one attached hydrogen (secondary N) is 1. The Kier molecular flexibility index (Phi) is 1.88. The third-order valence-corrected chi connectivity index (χ3v) is 2.30. The van der Waals surface area contributed by atoms with Gasteiger partial charge in [-0.25, -0.2) is 0 Å². The van der Waals surface area contributed by atoms with Crippen LogP contribution in [-0.2, 0) is 7.05 Å². The van der Waals surface area contributed by atoms with Crippen LogP contribution in [0.3, 0.4) is 0 Å². The lowest BCUT2D eigenvalue weighted by atomic mass is 10.2. The van der Waals surface area contributed by atoms with E-state index in [2.05, 4.69) is 5.32 Å². The predicted octanol–water partition coefficient (Wildman–Crippen LogP) is -0.928. The van der Waals surface area contributed by atoms with Crippen LogP contribution in [0.25, 0.3) is 12.3 Å². The average molecular weight is 197 g/mol. The largest absolute Gasteiger partial charge is 0.372 e. The van der Waals surface area contributed by atoms with Gasteiger partial charge in [-0.05, 0) is 12.1 Å². The van der Waals surface area contributed by atoms with E-state index in [1.807, 2.05) is 6.07 Å². The zero-order chi connectivity index (χ0) is 9.42. The Balaban J connectivity index is 2.91. The molecule has 13 heavy (non-hydrogen) atoms. The zero-order valence-corrected chi connectivity index (χ0v) is 7.88. The molecule has 2 heterocycles. The lowest BCUT2D eigenvalue weighted by Crippen LogP contribution is -2.48. The highest BCUT2D eigenvalue weighted by Gasteiger charge is 2.04. The minimum Gasteiger partial charge on any atom is -0.372 e. The Hall–Kier alpha value is -1.22. The topological polar surface area (TPSA) is 34.0 Å². The molecule has 2 rings (SSSR count). The van der Waals surface area contributed by atoms with E-state index in [0.29, 0.717) is 5.22 Å². The van der Waals surface area contributed by atoms with E-state index in [1.165, 1.54) is 4.57 Å². The number of fused-ring (bicyclic) bond motifs is 1. The molecule has 0 fully saturated rings. The number of alkyl halides is 1. The summed E-state index contributed by atoms with van der Waals surface area (Å²) in [5.74, 6) is 0. The third kappa shape index (κ3) is 1.35. The maximum atomic E-state index is 11.6. The molecule has 0 amide bonds. The van der Waals surface area contributed by atoms with Gasteiger partial charge in [-0.3, -0.25) is 4.79 Å². The van der Waals surface area contributed by atoms with Crippen LogP contribution in [0.4, 0.5) is 0 Å². The normalized spacial score (nSPS) is 19.4. The Labute approximate surface area is 80.0 Å². The fraction of sp³-hybridized carbons (Fsp3) is 0.222. The van der Waals surface area contributed by atoms with Crippen LogP contribution in [0.15, 0.2) is 17.1 Å². The summed E-state index contributed by atoms with van der Waals surface area (Å²) in [5.41, 5.74) is -0.302. The van der Waals surface area contributed by atoms with Gasteiger partial charge in [0, 0.05) is 29.9 Å². The van der Waals surface area contributed by atoms with E-state index in [0.717, 1.165) is 5.22 Å². The number of aromatic nitrogens is 1. The number of hydrogen-bond acceptors (Lipinski definition) is 2. The highest BCUT2D eigenvalue weighted by Crippen LogP contribution is 1.92. The third-order valence-electron chi connectivity index (χ3n) is 2.05. The van der Waals surface area contributed by atoms with E-state index in [4.69, 9.17) is 11.6 Å². The van der Waals surface area contributed by atoms with Crippen LogP contribution in [0.2, 0.25) is 0 Å². The fourth-order valence-electron chi connectivity index (χ4n) is 1.32. The van der Waals surface area contributed by atoms with Crippen LogP contribution < -0.4 is 21.3 Å². The molecule has 68 valence electrons. The lowest BCUT2D eigenvalue weighted by Gasteiger charge is -2.09. The number of nitrogens with zero attached hydrogens (tertiary/aromatic N) is 1. The predicted molar refractivity (Wildman–Crippen MR) is 52.6 cm³/mol. The Morgan fingerprint density at radius 1 is 1.62 bits per heavy atom. The van der Waals surface area contributed by atoms with E-state index in [9.17, 15) is 4.79 Å². The molecule has 4 heteroatoms. The van der Waals surface area contributed by atoms with Crippen LogP contribution in [0.5, 0.6) is 0 Å². The highest BCUT2D eigenvalue weighted by atomic mass is 35.5. The van der Waals surface area contributed by atoms with Gasteiger partial charge in [0.1, 0.15) is 5.50 Å². The van der Waals surface area contributed by atoms with Crippen LogP contribution in [-0.4, -0.2) is 10.1 Å². The van der Waals surface area contributed by atoms with Crippen molar-refractivity contribution < 1.29 is 0 Å². The van der Waals surface area contributed by atoms with Crippen molar-refractivity contribution in [1.82, 2.24) is 9.88 Å². The van der Waals surface area contributed by atoms with Crippen molar-refractivity contribution in [3.8, 4) is 0 Å². The van der Waals surface area contributed by atoms with E-state index in [-0.39, 0.29) is 11.1 Å². The fourth-order valence-corrected chi connectivity index (χ4v) is 1.51. The second-order valence-corrected chi connectivity index (χ2v) is 3.45. The van der Waals surface area contributed by atoms with Gasteiger partial charge >= 0.3 is 0 Å². The molecule has 1 N–H and O–H groups in total. The molecular formula is C9H9ClN2O. The molecule has 0 saturated heterocycles. The summed E-state index contributed by atoms with van der Waals surface area (Å²) < 4.78 is 1.54. The first-order chi connectivity index (χ1) is 6.18. The molecule has 0 bridgehead atoms. The molecule has 0 spiro atoms. The molecule has 0 aromatic carbocycles. The SMILES string of the molecule is Cn1ccc2c(c1=O)=CC(Cl)NC=2. The number of halogens is 1. The van der Waals surface area contributed by atoms with Gasteiger partial charge in [-0.15, -0.1) is 0 Å². The van der Waals surface area contributed by atoms with Gasteiger partial charge in [-0.1, -0.05) is 11.6 Å². The van der Waals surface area contributed by atoms with Gasteiger partial charge in [0.15, 0.2) is 0 Å². The summed E-state index contributed by atoms with van der Waals surface area (Å²) in [4.78, 5) is 11.6. The molecule has 3 nitrogen and oxygen atoms in total. The van der Waals surface area contributed by atoms with Gasteiger partial charge in [0.2, 0.25) is 0 Å². The van der Waals surface area contributed by atoms with Crippen molar-refractivity contribution in [3.63, 3.8) is 0 Å². The van der Waals surface area contributed by atoms with Gasteiger partial charge < -0.3 is 9.88 Å². The van der Waals surface area contributed by atoms with E-state index >= 15 is 0 Å². The first kappa shape index (κ1) is 8.38. The van der Waals surface area contributed by atoms with Crippen molar-refractivity contribution in [3.05, 3.63) is 33.1 Å². The quantitative estimate of drug-likeness (QED) is 0.430. The Bertz CT molecular complexity index is 503. The lowest BCUT2D eigenvalue weighted by molar-refractivity contribution is 0.838. The van der Waals surface area contributed by atoms with E-state index in [1.54, 1.807) is 25.5 Å². The minimum atomic E-state index is -0.289. The number of aryl methyl sites for hydroxylation is 1. The standard InChI is InChI=1S/C9H9ClN2O/c1-12-3-2-6-5-11-8(10)4-7(6)9(12)13/h2-5,8,11H,1H3. The smallest absolute Gasteiger partial charge is 0.258 e. The highest BCUT2D eigenvalue weighted by molar-refractivity contribution is 6.23. The Morgan fingerprint density at radius 2 is 2.38 bits per heavy atom. The summed E-state index contributed by atoms with van der Waals surface area (Å²) in [6, 6.07) is 1.88. The molecule has 1 aliphatic rings. The van der Waals surface area contributed by atoms with Gasteiger partial charge in [-0.2, -0.15) is 0 Å². The molecular weight excluding hydrogens is 188 g/mol. The van der Waals surface area contributed by atoms with Gasteiger partial charge in [0.05, 0.1) is 0 Å².